The number of ether oxygens (including phenoxy) is 1. The van der Waals surface area contributed by atoms with Crippen LogP contribution < -0.4 is 0 Å². The molecular weight excluding hydrogens is 323 g/mol. The van der Waals surface area contributed by atoms with E-state index in [0.717, 1.165) is 17.7 Å². The van der Waals surface area contributed by atoms with Crippen LogP contribution in [-0.2, 0) is 22.9 Å². The Morgan fingerprint density at radius 1 is 1.12 bits per heavy atom. The van der Waals surface area contributed by atoms with Crippen LogP contribution in [0.5, 0.6) is 0 Å². The van der Waals surface area contributed by atoms with Gasteiger partial charge in [-0.25, -0.2) is 0 Å². The minimum absolute atomic E-state index is 0.270. The standard InChI is InChI=1S/C17H14F3NO3/c18-17(19,20)14-7-5-13(6-8-14)16(11-21(22)23)15-4-2-1-3-12(15)9-10-24-16/h1-8H,9-11H2. The Morgan fingerprint density at radius 2 is 1.79 bits per heavy atom. The van der Waals surface area contributed by atoms with Crippen LogP contribution >= 0.6 is 0 Å². The maximum Gasteiger partial charge on any atom is 0.416 e. The van der Waals surface area contributed by atoms with Crippen molar-refractivity contribution in [1.82, 2.24) is 0 Å². The molecule has 3 rings (SSSR count). The van der Waals surface area contributed by atoms with Crippen molar-refractivity contribution in [3.8, 4) is 0 Å². The molecular formula is C17H14F3NO3. The van der Waals surface area contributed by atoms with Crippen LogP contribution in [0.1, 0.15) is 22.3 Å². The molecule has 126 valence electrons. The first-order chi connectivity index (χ1) is 11.3. The monoisotopic (exact) mass is 337 g/mol. The molecule has 0 saturated carbocycles. The lowest BCUT2D eigenvalue weighted by Crippen LogP contribution is -2.42. The molecule has 0 fully saturated rings. The van der Waals surface area contributed by atoms with Gasteiger partial charge < -0.3 is 4.74 Å². The van der Waals surface area contributed by atoms with Crippen molar-refractivity contribution >= 4 is 0 Å². The molecule has 1 atom stereocenters. The average Bonchev–Trinajstić information content (AvgIpc) is 2.54. The molecule has 1 aliphatic rings. The molecule has 1 unspecified atom stereocenters. The summed E-state index contributed by atoms with van der Waals surface area (Å²) in [7, 11) is 0. The second kappa shape index (κ2) is 5.90. The van der Waals surface area contributed by atoms with Gasteiger partial charge in [-0.1, -0.05) is 36.4 Å². The molecule has 4 nitrogen and oxygen atoms in total. The van der Waals surface area contributed by atoms with Gasteiger partial charge in [0.2, 0.25) is 6.54 Å². The second-order valence-electron chi connectivity index (χ2n) is 5.65. The minimum Gasteiger partial charge on any atom is -0.358 e. The summed E-state index contributed by atoms with van der Waals surface area (Å²) in [6.45, 7) is -0.277. The van der Waals surface area contributed by atoms with E-state index in [0.29, 0.717) is 17.5 Å². The maximum atomic E-state index is 12.8. The van der Waals surface area contributed by atoms with Crippen LogP contribution in [0.25, 0.3) is 0 Å². The second-order valence-corrected chi connectivity index (χ2v) is 5.65. The molecule has 24 heavy (non-hydrogen) atoms. The van der Waals surface area contributed by atoms with E-state index in [-0.39, 0.29) is 6.61 Å². The predicted molar refractivity (Wildman–Crippen MR) is 80.2 cm³/mol. The van der Waals surface area contributed by atoms with Crippen molar-refractivity contribution in [2.45, 2.75) is 18.2 Å². The van der Waals surface area contributed by atoms with Crippen molar-refractivity contribution in [2.24, 2.45) is 0 Å². The first-order valence-electron chi connectivity index (χ1n) is 7.35. The Hall–Kier alpha value is -2.41. The third-order valence-corrected chi connectivity index (χ3v) is 4.20. The van der Waals surface area contributed by atoms with Gasteiger partial charge >= 0.3 is 6.18 Å². The van der Waals surface area contributed by atoms with Gasteiger partial charge in [0.1, 0.15) is 0 Å². The zero-order chi connectivity index (χ0) is 17.4. The third kappa shape index (κ3) is 2.87. The highest BCUT2D eigenvalue weighted by Gasteiger charge is 2.44. The average molecular weight is 337 g/mol. The van der Waals surface area contributed by atoms with E-state index in [1.165, 1.54) is 12.1 Å². The number of benzene rings is 2. The smallest absolute Gasteiger partial charge is 0.358 e. The maximum absolute atomic E-state index is 12.8. The SMILES string of the molecule is O=[N+]([O-])CC1(c2ccc(C(F)(F)F)cc2)OCCc2ccccc21. The lowest BCUT2D eigenvalue weighted by molar-refractivity contribution is -0.501. The summed E-state index contributed by atoms with van der Waals surface area (Å²) in [5.41, 5.74) is -0.285. The molecule has 0 radical (unpaired) electrons. The molecule has 0 saturated heterocycles. The van der Waals surface area contributed by atoms with E-state index < -0.39 is 28.8 Å². The topological polar surface area (TPSA) is 52.4 Å². The Kier molecular flexibility index (Phi) is 4.04. The fourth-order valence-corrected chi connectivity index (χ4v) is 3.12. The normalized spacial score (nSPS) is 20.5. The summed E-state index contributed by atoms with van der Waals surface area (Å²) < 4.78 is 44.1. The lowest BCUT2D eigenvalue weighted by Gasteiger charge is -2.36. The van der Waals surface area contributed by atoms with Gasteiger partial charge in [-0.15, -0.1) is 0 Å². The summed E-state index contributed by atoms with van der Waals surface area (Å²) in [6.07, 6.45) is -3.85. The molecule has 1 aliphatic heterocycles. The minimum atomic E-state index is -4.46. The summed E-state index contributed by atoms with van der Waals surface area (Å²) in [5, 5.41) is 11.2. The molecule has 0 spiro atoms. The number of alkyl halides is 3. The van der Waals surface area contributed by atoms with Crippen LogP contribution in [0.4, 0.5) is 13.2 Å². The van der Waals surface area contributed by atoms with Crippen molar-refractivity contribution in [2.75, 3.05) is 13.2 Å². The van der Waals surface area contributed by atoms with Gasteiger partial charge in [-0.05, 0) is 35.2 Å². The van der Waals surface area contributed by atoms with Crippen LogP contribution in [0, 0.1) is 10.1 Å². The zero-order valence-electron chi connectivity index (χ0n) is 12.5. The van der Waals surface area contributed by atoms with Crippen molar-refractivity contribution < 1.29 is 22.8 Å². The number of fused-ring (bicyclic) bond motifs is 1. The summed E-state index contributed by atoms with van der Waals surface area (Å²) in [5.74, 6) is 0. The van der Waals surface area contributed by atoms with Gasteiger partial charge in [0.05, 0.1) is 12.2 Å². The summed E-state index contributed by atoms with van der Waals surface area (Å²) in [6, 6.07) is 11.5. The largest absolute Gasteiger partial charge is 0.416 e. The summed E-state index contributed by atoms with van der Waals surface area (Å²) >= 11 is 0. The van der Waals surface area contributed by atoms with E-state index in [2.05, 4.69) is 0 Å². The first-order valence-corrected chi connectivity index (χ1v) is 7.35. The Balaban J connectivity index is 2.13. The number of nitrogens with zero attached hydrogens (tertiary/aromatic N) is 1. The third-order valence-electron chi connectivity index (χ3n) is 4.20. The predicted octanol–water partition coefficient (Wildman–Crippen LogP) is 3.80. The van der Waals surface area contributed by atoms with E-state index in [4.69, 9.17) is 4.74 Å². The fourth-order valence-electron chi connectivity index (χ4n) is 3.12. The highest BCUT2D eigenvalue weighted by molar-refractivity contribution is 5.44. The van der Waals surface area contributed by atoms with Gasteiger partial charge in [0, 0.05) is 4.92 Å². The molecule has 0 aliphatic carbocycles. The lowest BCUT2D eigenvalue weighted by atomic mass is 9.80. The zero-order valence-corrected chi connectivity index (χ0v) is 12.5. The van der Waals surface area contributed by atoms with Crippen LogP contribution in [-0.4, -0.2) is 18.1 Å². The van der Waals surface area contributed by atoms with E-state index >= 15 is 0 Å². The molecule has 0 N–H and O–H groups in total. The van der Waals surface area contributed by atoms with Crippen molar-refractivity contribution in [1.29, 1.82) is 0 Å². The van der Waals surface area contributed by atoms with Crippen molar-refractivity contribution in [3.63, 3.8) is 0 Å². The van der Waals surface area contributed by atoms with Gasteiger partial charge in [0.25, 0.3) is 0 Å². The van der Waals surface area contributed by atoms with Crippen LogP contribution in [0.3, 0.4) is 0 Å². The number of rotatable bonds is 3. The molecule has 0 aromatic heterocycles. The van der Waals surface area contributed by atoms with Gasteiger partial charge in [-0.3, -0.25) is 10.1 Å². The Labute approximate surface area is 136 Å². The number of halogens is 3. The first kappa shape index (κ1) is 16.4. The quantitative estimate of drug-likeness (QED) is 0.632. The highest BCUT2D eigenvalue weighted by Crippen LogP contribution is 2.40. The number of nitro groups is 1. The molecule has 2 aromatic carbocycles. The molecule has 0 bridgehead atoms. The highest BCUT2D eigenvalue weighted by atomic mass is 19.4. The van der Waals surface area contributed by atoms with Crippen LogP contribution in [0.2, 0.25) is 0 Å². The number of hydrogen-bond donors (Lipinski definition) is 0. The van der Waals surface area contributed by atoms with E-state index in [1.807, 2.05) is 12.1 Å². The summed E-state index contributed by atoms with van der Waals surface area (Å²) in [4.78, 5) is 10.7. The van der Waals surface area contributed by atoms with E-state index in [1.54, 1.807) is 12.1 Å². The Bertz CT molecular complexity index is 758. The van der Waals surface area contributed by atoms with E-state index in [9.17, 15) is 23.3 Å². The molecule has 2 aromatic rings. The van der Waals surface area contributed by atoms with Crippen molar-refractivity contribution in [3.05, 3.63) is 80.9 Å². The van der Waals surface area contributed by atoms with Crippen LogP contribution in [0.15, 0.2) is 48.5 Å². The molecule has 0 amide bonds. The molecule has 7 heteroatoms. The van der Waals surface area contributed by atoms with Gasteiger partial charge in [0.15, 0.2) is 5.60 Å². The Morgan fingerprint density at radius 3 is 2.42 bits per heavy atom. The number of hydrogen-bond acceptors (Lipinski definition) is 3. The van der Waals surface area contributed by atoms with Gasteiger partial charge in [-0.2, -0.15) is 13.2 Å². The molecule has 1 heterocycles. The fraction of sp³-hybridized carbons (Fsp3) is 0.294.